The van der Waals surface area contributed by atoms with Gasteiger partial charge >= 0.3 is 6.03 Å². The molecule has 1 aliphatic carbocycles. The lowest BCUT2D eigenvalue weighted by Crippen LogP contribution is -2.41. The largest absolute Gasteiger partial charge is 0.494 e. The Kier molecular flexibility index (Phi) is 6.38. The van der Waals surface area contributed by atoms with Crippen LogP contribution in [-0.2, 0) is 6.54 Å². The smallest absolute Gasteiger partial charge is 0.315 e. The fourth-order valence-electron chi connectivity index (χ4n) is 2.71. The number of urea groups is 1. The zero-order valence-electron chi connectivity index (χ0n) is 12.9. The molecule has 0 bridgehead atoms. The van der Waals surface area contributed by atoms with Crippen LogP contribution in [0, 0.1) is 0 Å². The number of carbonyl (C=O) groups is 1. The molecule has 21 heavy (non-hydrogen) atoms. The molecule has 0 unspecified atom stereocenters. The van der Waals surface area contributed by atoms with E-state index in [1.165, 1.54) is 25.7 Å². The molecule has 1 fully saturated rings. The lowest BCUT2D eigenvalue weighted by Gasteiger charge is -2.16. The van der Waals surface area contributed by atoms with E-state index in [-0.39, 0.29) is 6.03 Å². The molecule has 1 aromatic carbocycles. The van der Waals surface area contributed by atoms with E-state index in [1.54, 1.807) is 0 Å². The van der Waals surface area contributed by atoms with Crippen LogP contribution in [0.1, 0.15) is 51.0 Å². The summed E-state index contributed by atoms with van der Waals surface area (Å²) in [4.78, 5) is 11.9. The summed E-state index contributed by atoms with van der Waals surface area (Å²) in [5.74, 6) is 0.865. The second-order valence-corrected chi connectivity index (χ2v) is 5.59. The molecule has 2 amide bonds. The SMILES string of the molecule is CCOc1ccc(CNC(=O)NC2CCCCCC2)cc1. The molecule has 4 heteroatoms. The van der Waals surface area contributed by atoms with Crippen LogP contribution in [-0.4, -0.2) is 18.7 Å². The molecule has 0 aliphatic heterocycles. The average Bonchev–Trinajstić information content (AvgIpc) is 2.75. The van der Waals surface area contributed by atoms with Gasteiger partial charge in [-0.2, -0.15) is 0 Å². The van der Waals surface area contributed by atoms with Crippen molar-refractivity contribution in [3.63, 3.8) is 0 Å². The minimum Gasteiger partial charge on any atom is -0.494 e. The molecule has 2 rings (SSSR count). The number of hydrogen-bond acceptors (Lipinski definition) is 2. The summed E-state index contributed by atoms with van der Waals surface area (Å²) in [6.45, 7) is 3.18. The van der Waals surface area contributed by atoms with Gasteiger partial charge in [0.25, 0.3) is 0 Å². The molecule has 4 nitrogen and oxygen atoms in total. The Labute approximate surface area is 127 Å². The highest BCUT2D eigenvalue weighted by Gasteiger charge is 2.14. The molecule has 1 aliphatic rings. The Bertz CT molecular complexity index is 423. The van der Waals surface area contributed by atoms with Gasteiger partial charge in [-0.25, -0.2) is 4.79 Å². The molecular formula is C17H26N2O2. The number of rotatable bonds is 5. The molecule has 1 saturated carbocycles. The van der Waals surface area contributed by atoms with Gasteiger partial charge in [0.15, 0.2) is 0 Å². The molecule has 1 aromatic rings. The van der Waals surface area contributed by atoms with Gasteiger partial charge in [0.1, 0.15) is 5.75 Å². The van der Waals surface area contributed by atoms with Crippen molar-refractivity contribution in [3.8, 4) is 5.75 Å². The first-order valence-corrected chi connectivity index (χ1v) is 8.04. The van der Waals surface area contributed by atoms with Crippen LogP contribution >= 0.6 is 0 Å². The topological polar surface area (TPSA) is 50.4 Å². The summed E-state index contributed by atoms with van der Waals surface area (Å²) < 4.78 is 5.40. The van der Waals surface area contributed by atoms with E-state index in [0.717, 1.165) is 24.2 Å². The molecule has 0 radical (unpaired) electrons. The number of amides is 2. The molecule has 0 spiro atoms. The van der Waals surface area contributed by atoms with E-state index in [4.69, 9.17) is 4.74 Å². The first kappa shape index (κ1) is 15.7. The van der Waals surface area contributed by atoms with E-state index < -0.39 is 0 Å². The fraction of sp³-hybridized carbons (Fsp3) is 0.588. The zero-order chi connectivity index (χ0) is 14.9. The number of benzene rings is 1. The maximum absolute atomic E-state index is 11.9. The van der Waals surface area contributed by atoms with E-state index in [2.05, 4.69) is 10.6 Å². The van der Waals surface area contributed by atoms with Gasteiger partial charge in [0.05, 0.1) is 6.61 Å². The van der Waals surface area contributed by atoms with E-state index in [1.807, 2.05) is 31.2 Å². The Morgan fingerprint density at radius 1 is 1.14 bits per heavy atom. The van der Waals surface area contributed by atoms with E-state index >= 15 is 0 Å². The quantitative estimate of drug-likeness (QED) is 0.814. The number of hydrogen-bond donors (Lipinski definition) is 2. The van der Waals surface area contributed by atoms with Gasteiger partial charge in [-0.05, 0) is 37.5 Å². The summed E-state index contributed by atoms with van der Waals surface area (Å²) in [6, 6.07) is 8.12. The maximum atomic E-state index is 11.9. The summed E-state index contributed by atoms with van der Waals surface area (Å²) in [7, 11) is 0. The summed E-state index contributed by atoms with van der Waals surface area (Å²) >= 11 is 0. The Balaban J connectivity index is 1.72. The standard InChI is InChI=1S/C17H26N2O2/c1-2-21-16-11-9-14(10-12-16)13-18-17(20)19-15-7-5-3-4-6-8-15/h9-12,15H,2-8,13H2,1H3,(H2,18,19,20). The maximum Gasteiger partial charge on any atom is 0.315 e. The van der Waals surface area contributed by atoms with Gasteiger partial charge in [-0.1, -0.05) is 37.8 Å². The highest BCUT2D eigenvalue weighted by atomic mass is 16.5. The van der Waals surface area contributed by atoms with Crippen LogP contribution in [0.2, 0.25) is 0 Å². The van der Waals surface area contributed by atoms with Crippen molar-refractivity contribution in [2.24, 2.45) is 0 Å². The average molecular weight is 290 g/mol. The molecule has 0 saturated heterocycles. The molecular weight excluding hydrogens is 264 g/mol. The van der Waals surface area contributed by atoms with Crippen LogP contribution in [0.5, 0.6) is 5.75 Å². The second kappa shape index (κ2) is 8.55. The summed E-state index contributed by atoms with van der Waals surface area (Å²) in [5.41, 5.74) is 1.08. The predicted octanol–water partition coefficient (Wildman–Crippen LogP) is 3.61. The number of carbonyl (C=O) groups excluding carboxylic acids is 1. The summed E-state index contributed by atoms with van der Waals surface area (Å²) in [5, 5.41) is 6.01. The number of ether oxygens (including phenoxy) is 1. The van der Waals surface area contributed by atoms with Gasteiger partial charge in [-0.3, -0.25) is 0 Å². The van der Waals surface area contributed by atoms with E-state index in [9.17, 15) is 4.79 Å². The lowest BCUT2D eigenvalue weighted by molar-refractivity contribution is 0.235. The van der Waals surface area contributed by atoms with Crippen molar-refractivity contribution in [1.82, 2.24) is 10.6 Å². The van der Waals surface area contributed by atoms with Crippen LogP contribution in [0.15, 0.2) is 24.3 Å². The third-order valence-electron chi connectivity index (χ3n) is 3.88. The normalized spacial score (nSPS) is 16.0. The molecule has 0 aromatic heterocycles. The third-order valence-corrected chi connectivity index (χ3v) is 3.88. The van der Waals surface area contributed by atoms with Crippen molar-refractivity contribution in [3.05, 3.63) is 29.8 Å². The van der Waals surface area contributed by atoms with Crippen molar-refractivity contribution in [1.29, 1.82) is 0 Å². The van der Waals surface area contributed by atoms with Crippen LogP contribution in [0.3, 0.4) is 0 Å². The van der Waals surface area contributed by atoms with Gasteiger partial charge in [0.2, 0.25) is 0 Å². The Hall–Kier alpha value is -1.71. The predicted molar refractivity (Wildman–Crippen MR) is 84.5 cm³/mol. The molecule has 0 heterocycles. The minimum absolute atomic E-state index is 0.0595. The molecule has 0 atom stereocenters. The first-order chi connectivity index (χ1) is 10.3. The van der Waals surface area contributed by atoms with E-state index in [0.29, 0.717) is 19.2 Å². The fourth-order valence-corrected chi connectivity index (χ4v) is 2.71. The van der Waals surface area contributed by atoms with Crippen molar-refractivity contribution < 1.29 is 9.53 Å². The Morgan fingerprint density at radius 2 is 1.81 bits per heavy atom. The van der Waals surface area contributed by atoms with Crippen LogP contribution in [0.25, 0.3) is 0 Å². The van der Waals surface area contributed by atoms with Crippen LogP contribution in [0.4, 0.5) is 4.79 Å². The van der Waals surface area contributed by atoms with Crippen molar-refractivity contribution in [2.45, 2.75) is 58.0 Å². The number of nitrogens with one attached hydrogen (secondary N) is 2. The van der Waals surface area contributed by atoms with Crippen molar-refractivity contribution >= 4 is 6.03 Å². The van der Waals surface area contributed by atoms with Gasteiger partial charge in [0, 0.05) is 12.6 Å². The monoisotopic (exact) mass is 290 g/mol. The minimum atomic E-state index is -0.0595. The van der Waals surface area contributed by atoms with Crippen LogP contribution < -0.4 is 15.4 Å². The highest BCUT2D eigenvalue weighted by molar-refractivity contribution is 5.74. The van der Waals surface area contributed by atoms with Crippen molar-refractivity contribution in [2.75, 3.05) is 6.61 Å². The Morgan fingerprint density at radius 3 is 2.43 bits per heavy atom. The molecule has 2 N–H and O–H groups in total. The third kappa shape index (κ3) is 5.66. The molecule has 116 valence electrons. The lowest BCUT2D eigenvalue weighted by atomic mass is 10.1. The summed E-state index contributed by atoms with van der Waals surface area (Å²) in [6.07, 6.45) is 7.26. The zero-order valence-corrected chi connectivity index (χ0v) is 12.9. The highest BCUT2D eigenvalue weighted by Crippen LogP contribution is 2.17. The second-order valence-electron chi connectivity index (χ2n) is 5.59. The van der Waals surface area contributed by atoms with Gasteiger partial charge in [-0.15, -0.1) is 0 Å². The van der Waals surface area contributed by atoms with Gasteiger partial charge < -0.3 is 15.4 Å². The first-order valence-electron chi connectivity index (χ1n) is 8.04.